The number of carbonyl (C=O) groups is 3. The number of aromatic amines is 1. The highest BCUT2D eigenvalue weighted by Crippen LogP contribution is 2.22. The molecule has 1 aromatic heterocycles. The highest BCUT2D eigenvalue weighted by molar-refractivity contribution is 6.30. The van der Waals surface area contributed by atoms with Crippen molar-refractivity contribution < 1.29 is 28.6 Å². The van der Waals surface area contributed by atoms with Crippen molar-refractivity contribution in [2.75, 3.05) is 26.9 Å². The Morgan fingerprint density at radius 2 is 1.81 bits per heavy atom. The first kappa shape index (κ1) is 25.2. The first-order chi connectivity index (χ1) is 15.2. The molecule has 0 aliphatic carbocycles. The van der Waals surface area contributed by atoms with Crippen molar-refractivity contribution in [2.45, 2.75) is 33.6 Å². The lowest BCUT2D eigenvalue weighted by atomic mass is 10.1. The molecule has 0 fully saturated rings. The van der Waals surface area contributed by atoms with Crippen LogP contribution in [0.15, 0.2) is 18.2 Å². The van der Waals surface area contributed by atoms with Crippen LogP contribution in [0.4, 0.5) is 0 Å². The van der Waals surface area contributed by atoms with E-state index in [1.54, 1.807) is 32.0 Å². The largest absolute Gasteiger partial charge is 0.493 e. The smallest absolute Gasteiger partial charge is 0.340 e. The van der Waals surface area contributed by atoms with Crippen molar-refractivity contribution in [1.82, 2.24) is 15.8 Å². The molecule has 0 saturated heterocycles. The molecule has 0 spiro atoms. The zero-order valence-corrected chi connectivity index (χ0v) is 19.4. The molecule has 0 bridgehead atoms. The van der Waals surface area contributed by atoms with Crippen LogP contribution in [0.1, 0.15) is 50.5 Å². The zero-order chi connectivity index (χ0) is 23.7. The predicted octanol–water partition coefficient (Wildman–Crippen LogP) is 3.02. The number of carbonyl (C=O) groups excluding carboxylic acids is 3. The standard InChI is InChI=1S/C22H28ClN3O6/c1-13-12-16(23)7-8-17(13)31-9-5-6-18(27)25-26-21(28)20-14(2)19(15(3)24-20)22(29)32-11-10-30-4/h7-8,12,24H,5-6,9-11H2,1-4H3,(H,25,27)(H,26,28). The summed E-state index contributed by atoms with van der Waals surface area (Å²) in [4.78, 5) is 39.5. The predicted molar refractivity (Wildman–Crippen MR) is 119 cm³/mol. The molecule has 1 aromatic carbocycles. The fourth-order valence-electron chi connectivity index (χ4n) is 3.01. The van der Waals surface area contributed by atoms with Crippen LogP contribution in [0.25, 0.3) is 0 Å². The van der Waals surface area contributed by atoms with E-state index in [0.717, 1.165) is 5.56 Å². The van der Waals surface area contributed by atoms with Crippen LogP contribution < -0.4 is 15.6 Å². The first-order valence-corrected chi connectivity index (χ1v) is 10.5. The number of hydrogen-bond donors (Lipinski definition) is 3. The monoisotopic (exact) mass is 465 g/mol. The van der Waals surface area contributed by atoms with Gasteiger partial charge >= 0.3 is 5.97 Å². The van der Waals surface area contributed by atoms with Gasteiger partial charge in [0.05, 0.1) is 18.8 Å². The molecule has 9 nitrogen and oxygen atoms in total. The van der Waals surface area contributed by atoms with Crippen molar-refractivity contribution in [1.29, 1.82) is 0 Å². The Labute approximate surface area is 191 Å². The molecule has 10 heteroatoms. The molecule has 174 valence electrons. The summed E-state index contributed by atoms with van der Waals surface area (Å²) in [6.07, 6.45) is 0.620. The molecule has 0 aliphatic rings. The van der Waals surface area contributed by atoms with Gasteiger partial charge in [-0.25, -0.2) is 4.79 Å². The van der Waals surface area contributed by atoms with Gasteiger partial charge in [-0.3, -0.25) is 20.4 Å². The van der Waals surface area contributed by atoms with Gasteiger partial charge in [0, 0.05) is 24.2 Å². The molecule has 0 radical (unpaired) electrons. The maximum Gasteiger partial charge on any atom is 0.340 e. The molecular formula is C22H28ClN3O6. The molecule has 2 amide bonds. The van der Waals surface area contributed by atoms with Crippen molar-refractivity contribution in [3.8, 4) is 5.75 Å². The van der Waals surface area contributed by atoms with Crippen LogP contribution in [0.2, 0.25) is 5.02 Å². The molecule has 2 rings (SSSR count). The van der Waals surface area contributed by atoms with Gasteiger partial charge in [-0.1, -0.05) is 11.6 Å². The summed E-state index contributed by atoms with van der Waals surface area (Å²) < 4.78 is 15.6. The lowest BCUT2D eigenvalue weighted by Gasteiger charge is -2.10. The van der Waals surface area contributed by atoms with Gasteiger partial charge in [-0.2, -0.15) is 0 Å². The summed E-state index contributed by atoms with van der Waals surface area (Å²) in [5, 5.41) is 0.632. The van der Waals surface area contributed by atoms with Crippen molar-refractivity contribution in [2.24, 2.45) is 0 Å². The van der Waals surface area contributed by atoms with Crippen LogP contribution in [-0.2, 0) is 14.3 Å². The van der Waals surface area contributed by atoms with Gasteiger partial charge in [-0.05, 0) is 56.5 Å². The van der Waals surface area contributed by atoms with E-state index in [2.05, 4.69) is 15.8 Å². The minimum Gasteiger partial charge on any atom is -0.493 e. The molecule has 1 heterocycles. The minimum atomic E-state index is -0.567. The Balaban J connectivity index is 1.80. The fraction of sp³-hybridized carbons (Fsp3) is 0.409. The van der Waals surface area contributed by atoms with Gasteiger partial charge in [0.1, 0.15) is 18.1 Å². The summed E-state index contributed by atoms with van der Waals surface area (Å²) in [7, 11) is 1.50. The maximum absolute atomic E-state index is 12.4. The third kappa shape index (κ3) is 7.00. The summed E-state index contributed by atoms with van der Waals surface area (Å²) in [5.74, 6) is -0.776. The number of aromatic nitrogens is 1. The molecule has 32 heavy (non-hydrogen) atoms. The van der Waals surface area contributed by atoms with Gasteiger partial charge in [0.25, 0.3) is 5.91 Å². The Hall–Kier alpha value is -3.04. The average molecular weight is 466 g/mol. The number of ether oxygens (including phenoxy) is 3. The molecule has 0 unspecified atom stereocenters. The van der Waals surface area contributed by atoms with Crippen molar-refractivity contribution in [3.63, 3.8) is 0 Å². The van der Waals surface area contributed by atoms with E-state index in [-0.39, 0.29) is 36.8 Å². The number of amides is 2. The summed E-state index contributed by atoms with van der Waals surface area (Å²) in [6.45, 7) is 5.91. The van der Waals surface area contributed by atoms with E-state index >= 15 is 0 Å². The number of rotatable bonds is 10. The van der Waals surface area contributed by atoms with E-state index in [9.17, 15) is 14.4 Å². The van der Waals surface area contributed by atoms with Crippen LogP contribution in [-0.4, -0.2) is 49.7 Å². The number of methoxy groups -OCH3 is 1. The normalized spacial score (nSPS) is 10.5. The SMILES string of the molecule is COCCOC(=O)c1c(C)[nH]c(C(=O)NNC(=O)CCCOc2ccc(Cl)cc2C)c1C. The number of esters is 1. The second kappa shape index (κ2) is 12.1. The van der Waals surface area contributed by atoms with E-state index in [1.165, 1.54) is 7.11 Å². The molecule has 0 aliphatic heterocycles. The van der Waals surface area contributed by atoms with Crippen LogP contribution in [0.5, 0.6) is 5.75 Å². The van der Waals surface area contributed by atoms with Crippen LogP contribution >= 0.6 is 11.6 Å². The van der Waals surface area contributed by atoms with Gasteiger partial charge in [-0.15, -0.1) is 0 Å². The number of halogens is 1. The number of hydrazine groups is 1. The van der Waals surface area contributed by atoms with E-state index in [0.29, 0.717) is 35.1 Å². The lowest BCUT2D eigenvalue weighted by Crippen LogP contribution is -2.42. The number of aryl methyl sites for hydroxylation is 2. The second-order valence-electron chi connectivity index (χ2n) is 7.12. The fourth-order valence-corrected chi connectivity index (χ4v) is 3.24. The Bertz CT molecular complexity index is 973. The molecule has 0 atom stereocenters. The lowest BCUT2D eigenvalue weighted by molar-refractivity contribution is -0.122. The third-order valence-corrected chi connectivity index (χ3v) is 4.88. The van der Waals surface area contributed by atoms with Gasteiger partial charge in [0.15, 0.2) is 0 Å². The van der Waals surface area contributed by atoms with E-state index in [1.807, 2.05) is 6.92 Å². The Kier molecular flexibility index (Phi) is 9.55. The Morgan fingerprint density at radius 3 is 2.50 bits per heavy atom. The van der Waals surface area contributed by atoms with Gasteiger partial charge < -0.3 is 19.2 Å². The Morgan fingerprint density at radius 1 is 1.06 bits per heavy atom. The topological polar surface area (TPSA) is 119 Å². The molecule has 3 N–H and O–H groups in total. The highest BCUT2D eigenvalue weighted by atomic mass is 35.5. The molecular weight excluding hydrogens is 438 g/mol. The number of H-pyrrole nitrogens is 1. The summed E-state index contributed by atoms with van der Waals surface area (Å²) >= 11 is 5.91. The number of benzene rings is 1. The average Bonchev–Trinajstić information content (AvgIpc) is 3.04. The van der Waals surface area contributed by atoms with Crippen molar-refractivity contribution >= 4 is 29.4 Å². The first-order valence-electron chi connectivity index (χ1n) is 10.1. The van der Waals surface area contributed by atoms with E-state index in [4.69, 9.17) is 25.8 Å². The maximum atomic E-state index is 12.4. The minimum absolute atomic E-state index is 0.109. The van der Waals surface area contributed by atoms with Crippen LogP contribution in [0.3, 0.4) is 0 Å². The molecule has 0 saturated carbocycles. The van der Waals surface area contributed by atoms with Crippen molar-refractivity contribution in [3.05, 3.63) is 51.3 Å². The van der Waals surface area contributed by atoms with Crippen LogP contribution in [0, 0.1) is 20.8 Å². The quantitative estimate of drug-likeness (QED) is 0.282. The third-order valence-electron chi connectivity index (χ3n) is 4.65. The summed E-state index contributed by atoms with van der Waals surface area (Å²) in [6, 6.07) is 5.32. The number of nitrogens with one attached hydrogen (secondary N) is 3. The number of hydrogen-bond acceptors (Lipinski definition) is 6. The zero-order valence-electron chi connectivity index (χ0n) is 18.6. The van der Waals surface area contributed by atoms with Gasteiger partial charge in [0.2, 0.25) is 5.91 Å². The second-order valence-corrected chi connectivity index (χ2v) is 7.55. The summed E-state index contributed by atoms with van der Waals surface area (Å²) in [5.41, 5.74) is 7.00. The highest BCUT2D eigenvalue weighted by Gasteiger charge is 2.23. The van der Waals surface area contributed by atoms with E-state index < -0.39 is 11.9 Å². The molecule has 2 aromatic rings.